The van der Waals surface area contributed by atoms with Gasteiger partial charge in [-0.3, -0.25) is 4.79 Å². The van der Waals surface area contributed by atoms with Crippen molar-refractivity contribution in [3.8, 4) is 0 Å². The number of carbonyl (C=O) groups is 1. The summed E-state index contributed by atoms with van der Waals surface area (Å²) in [5.41, 5.74) is 0.124. The fraction of sp³-hybridized carbons (Fsp3) is 0.444. The normalized spacial score (nSPS) is 22.3. The van der Waals surface area contributed by atoms with Crippen LogP contribution < -0.4 is 5.32 Å². The molecule has 0 saturated carbocycles. The second-order valence-corrected chi connectivity index (χ2v) is 6.43. The Morgan fingerprint density at radius 3 is 2.71 bits per heavy atom. The van der Waals surface area contributed by atoms with Gasteiger partial charge in [-0.15, -0.1) is 10.2 Å². The van der Waals surface area contributed by atoms with Crippen molar-refractivity contribution < 1.29 is 13.2 Å². The lowest BCUT2D eigenvalue weighted by Gasteiger charge is -2.09. The first-order valence-electron chi connectivity index (χ1n) is 4.97. The molecule has 1 saturated heterocycles. The van der Waals surface area contributed by atoms with E-state index in [-0.39, 0.29) is 28.4 Å². The molecule has 1 N–H and O–H groups in total. The molecule has 1 unspecified atom stereocenters. The summed E-state index contributed by atoms with van der Waals surface area (Å²) in [6, 6.07) is 2.55. The molecule has 0 radical (unpaired) electrons. The fourth-order valence-corrected chi connectivity index (χ4v) is 3.38. The maximum atomic E-state index is 11.7. The van der Waals surface area contributed by atoms with Crippen LogP contribution in [0.5, 0.6) is 0 Å². The van der Waals surface area contributed by atoms with Crippen LogP contribution in [-0.2, 0) is 9.84 Å². The molecule has 1 aliphatic rings. The van der Waals surface area contributed by atoms with Crippen LogP contribution in [0.25, 0.3) is 0 Å². The zero-order valence-corrected chi connectivity index (χ0v) is 10.3. The molecule has 2 rings (SSSR count). The quantitative estimate of drug-likeness (QED) is 0.824. The third kappa shape index (κ3) is 3.13. The summed E-state index contributed by atoms with van der Waals surface area (Å²) in [6.45, 7) is 0. The van der Waals surface area contributed by atoms with Crippen molar-refractivity contribution in [2.45, 2.75) is 12.5 Å². The highest BCUT2D eigenvalue weighted by Crippen LogP contribution is 2.12. The second-order valence-electron chi connectivity index (χ2n) is 3.81. The maximum Gasteiger partial charge on any atom is 0.272 e. The molecular weight excluding hydrogens is 266 g/mol. The van der Waals surface area contributed by atoms with Crippen LogP contribution in [0, 0.1) is 0 Å². The molecule has 0 aliphatic carbocycles. The van der Waals surface area contributed by atoms with Crippen LogP contribution in [0.15, 0.2) is 12.1 Å². The minimum atomic E-state index is -3.00. The van der Waals surface area contributed by atoms with Gasteiger partial charge in [0.1, 0.15) is 0 Å². The van der Waals surface area contributed by atoms with Crippen LogP contribution in [0.1, 0.15) is 16.9 Å². The van der Waals surface area contributed by atoms with E-state index in [2.05, 4.69) is 15.5 Å². The minimum absolute atomic E-state index is 0.0141. The summed E-state index contributed by atoms with van der Waals surface area (Å²) >= 11 is 5.54. The van der Waals surface area contributed by atoms with Crippen molar-refractivity contribution in [2.75, 3.05) is 11.5 Å². The van der Waals surface area contributed by atoms with E-state index in [1.165, 1.54) is 12.1 Å². The average molecular weight is 276 g/mol. The van der Waals surface area contributed by atoms with E-state index in [9.17, 15) is 13.2 Å². The van der Waals surface area contributed by atoms with Crippen LogP contribution in [0.2, 0.25) is 5.15 Å². The van der Waals surface area contributed by atoms with Gasteiger partial charge in [0.2, 0.25) is 0 Å². The summed E-state index contributed by atoms with van der Waals surface area (Å²) in [4.78, 5) is 11.7. The molecule has 0 spiro atoms. The van der Waals surface area contributed by atoms with Gasteiger partial charge in [-0.1, -0.05) is 11.6 Å². The number of amides is 1. The van der Waals surface area contributed by atoms with E-state index in [4.69, 9.17) is 11.6 Å². The van der Waals surface area contributed by atoms with Gasteiger partial charge in [0, 0.05) is 6.04 Å². The van der Waals surface area contributed by atoms with E-state index in [1.54, 1.807) is 0 Å². The van der Waals surface area contributed by atoms with Crippen LogP contribution in [0.4, 0.5) is 0 Å². The first-order valence-corrected chi connectivity index (χ1v) is 7.17. The van der Waals surface area contributed by atoms with Gasteiger partial charge in [-0.2, -0.15) is 0 Å². The number of aromatic nitrogens is 2. The van der Waals surface area contributed by atoms with E-state index >= 15 is 0 Å². The van der Waals surface area contributed by atoms with Crippen LogP contribution in [-0.4, -0.2) is 42.1 Å². The molecular formula is C9H10ClN3O3S. The van der Waals surface area contributed by atoms with Crippen molar-refractivity contribution >= 4 is 27.3 Å². The van der Waals surface area contributed by atoms with Crippen LogP contribution in [0.3, 0.4) is 0 Å². The van der Waals surface area contributed by atoms with E-state index in [1.807, 2.05) is 0 Å². The van der Waals surface area contributed by atoms with E-state index in [0.717, 1.165) is 0 Å². The maximum absolute atomic E-state index is 11.7. The number of sulfone groups is 1. The standard InChI is InChI=1S/C9H10ClN3O3S/c10-8-2-1-7(12-13-8)9(14)11-6-3-4-17(15,16)5-6/h1-2,6H,3-5H2,(H,11,14). The zero-order chi connectivity index (χ0) is 12.5. The predicted molar refractivity (Wildman–Crippen MR) is 61.6 cm³/mol. The molecule has 6 nitrogen and oxygen atoms in total. The Labute approximate surface area is 103 Å². The van der Waals surface area contributed by atoms with Gasteiger partial charge < -0.3 is 5.32 Å². The number of nitrogens with one attached hydrogen (secondary N) is 1. The molecule has 1 fully saturated rings. The number of nitrogens with zero attached hydrogens (tertiary/aromatic N) is 2. The Kier molecular flexibility index (Phi) is 3.30. The largest absolute Gasteiger partial charge is 0.347 e. The highest BCUT2D eigenvalue weighted by atomic mass is 35.5. The van der Waals surface area contributed by atoms with Crippen molar-refractivity contribution in [3.05, 3.63) is 23.0 Å². The lowest BCUT2D eigenvalue weighted by atomic mass is 10.2. The van der Waals surface area contributed by atoms with Gasteiger partial charge in [0.05, 0.1) is 11.5 Å². The molecule has 1 amide bonds. The Bertz CT molecular complexity index is 529. The van der Waals surface area contributed by atoms with E-state index in [0.29, 0.717) is 6.42 Å². The van der Waals surface area contributed by atoms with Crippen molar-refractivity contribution in [2.24, 2.45) is 0 Å². The molecule has 1 atom stereocenters. The summed E-state index contributed by atoms with van der Waals surface area (Å²) in [6.07, 6.45) is 0.440. The van der Waals surface area contributed by atoms with Gasteiger partial charge >= 0.3 is 0 Å². The number of carbonyl (C=O) groups excluding carboxylic acids is 1. The molecule has 8 heteroatoms. The SMILES string of the molecule is O=C(NC1CCS(=O)(=O)C1)c1ccc(Cl)nn1. The number of rotatable bonds is 2. The first kappa shape index (κ1) is 12.3. The molecule has 0 aromatic carbocycles. The Balaban J connectivity index is 2.01. The van der Waals surface area contributed by atoms with Gasteiger partial charge in [-0.05, 0) is 18.6 Å². The summed E-state index contributed by atoms with van der Waals surface area (Å²) in [5.74, 6) is -0.333. The topological polar surface area (TPSA) is 89.0 Å². The molecule has 0 bridgehead atoms. The number of hydrogen-bond acceptors (Lipinski definition) is 5. The average Bonchev–Trinajstić information content (AvgIpc) is 2.59. The van der Waals surface area contributed by atoms with Crippen LogP contribution >= 0.6 is 11.6 Å². The third-order valence-corrected chi connectivity index (χ3v) is 4.40. The number of halogens is 1. The van der Waals surface area contributed by atoms with Crippen molar-refractivity contribution in [1.82, 2.24) is 15.5 Å². The Morgan fingerprint density at radius 1 is 1.41 bits per heavy atom. The lowest BCUT2D eigenvalue weighted by molar-refractivity contribution is 0.0935. The fourth-order valence-electron chi connectivity index (χ4n) is 1.61. The van der Waals surface area contributed by atoms with Gasteiger partial charge in [0.15, 0.2) is 20.7 Å². The predicted octanol–water partition coefficient (Wildman–Crippen LogP) is 0.0469. The lowest BCUT2D eigenvalue weighted by Crippen LogP contribution is -2.36. The summed E-state index contributed by atoms with van der Waals surface area (Å²) in [7, 11) is -3.00. The molecule has 1 aromatic heterocycles. The summed E-state index contributed by atoms with van der Waals surface area (Å²) < 4.78 is 22.4. The summed E-state index contributed by atoms with van der Waals surface area (Å²) in [5, 5.41) is 9.96. The molecule has 17 heavy (non-hydrogen) atoms. The van der Waals surface area contributed by atoms with Gasteiger partial charge in [-0.25, -0.2) is 8.42 Å². The van der Waals surface area contributed by atoms with E-state index < -0.39 is 15.7 Å². The molecule has 1 aromatic rings. The van der Waals surface area contributed by atoms with Crippen molar-refractivity contribution in [3.63, 3.8) is 0 Å². The highest BCUT2D eigenvalue weighted by molar-refractivity contribution is 7.91. The Hall–Kier alpha value is -1.21. The number of hydrogen-bond donors (Lipinski definition) is 1. The smallest absolute Gasteiger partial charge is 0.272 e. The molecule has 2 heterocycles. The Morgan fingerprint density at radius 2 is 2.18 bits per heavy atom. The minimum Gasteiger partial charge on any atom is -0.347 e. The monoisotopic (exact) mass is 275 g/mol. The second kappa shape index (κ2) is 4.58. The van der Waals surface area contributed by atoms with Crippen molar-refractivity contribution in [1.29, 1.82) is 0 Å². The first-order chi connectivity index (χ1) is 7.96. The third-order valence-electron chi connectivity index (χ3n) is 2.43. The zero-order valence-electron chi connectivity index (χ0n) is 8.76. The molecule has 1 aliphatic heterocycles. The molecule has 92 valence electrons. The highest BCUT2D eigenvalue weighted by Gasteiger charge is 2.29. The van der Waals surface area contributed by atoms with Gasteiger partial charge in [0.25, 0.3) is 5.91 Å².